The van der Waals surface area contributed by atoms with Crippen molar-refractivity contribution in [3.63, 3.8) is 0 Å². The second kappa shape index (κ2) is 5.01. The topological polar surface area (TPSA) is 78.9 Å². The number of rotatable bonds is 2. The van der Waals surface area contributed by atoms with Crippen LogP contribution in [0.3, 0.4) is 0 Å². The second-order valence-corrected chi connectivity index (χ2v) is 5.04. The first-order chi connectivity index (χ1) is 8.47. The SMILES string of the molecule is CC(=O)O[C@@H]1CS[C@H](OC(C)=O)[C@@H]2OC(=O)C=C21. The van der Waals surface area contributed by atoms with E-state index in [0.29, 0.717) is 11.3 Å². The smallest absolute Gasteiger partial charge is 0.331 e. The summed E-state index contributed by atoms with van der Waals surface area (Å²) in [4.78, 5) is 33.2. The number of carbonyl (C=O) groups is 3. The Morgan fingerprint density at radius 2 is 2.00 bits per heavy atom. The molecule has 6 nitrogen and oxygen atoms in total. The maximum atomic E-state index is 11.3. The van der Waals surface area contributed by atoms with E-state index in [4.69, 9.17) is 14.2 Å². The van der Waals surface area contributed by atoms with Gasteiger partial charge in [-0.2, -0.15) is 0 Å². The monoisotopic (exact) mass is 272 g/mol. The van der Waals surface area contributed by atoms with E-state index in [1.54, 1.807) is 0 Å². The molecule has 2 rings (SSSR count). The highest BCUT2D eigenvalue weighted by molar-refractivity contribution is 7.99. The highest BCUT2D eigenvalue weighted by atomic mass is 32.2. The molecule has 0 aromatic heterocycles. The Labute approximate surface area is 108 Å². The molecule has 0 unspecified atom stereocenters. The molecule has 1 fully saturated rings. The van der Waals surface area contributed by atoms with Crippen LogP contribution in [0.25, 0.3) is 0 Å². The Morgan fingerprint density at radius 3 is 2.61 bits per heavy atom. The van der Waals surface area contributed by atoms with Crippen molar-refractivity contribution in [2.75, 3.05) is 5.75 Å². The van der Waals surface area contributed by atoms with Crippen molar-refractivity contribution in [2.45, 2.75) is 31.5 Å². The van der Waals surface area contributed by atoms with Crippen LogP contribution in [-0.4, -0.2) is 41.3 Å². The van der Waals surface area contributed by atoms with Crippen molar-refractivity contribution < 1.29 is 28.6 Å². The second-order valence-electron chi connectivity index (χ2n) is 3.91. The predicted octanol–water partition coefficient (Wildman–Crippen LogP) is 0.406. The lowest BCUT2D eigenvalue weighted by molar-refractivity contribution is -0.154. The summed E-state index contributed by atoms with van der Waals surface area (Å²) in [5.41, 5.74) is -0.0211. The Morgan fingerprint density at radius 1 is 1.33 bits per heavy atom. The number of hydrogen-bond acceptors (Lipinski definition) is 7. The summed E-state index contributed by atoms with van der Waals surface area (Å²) in [5, 5.41) is 0. The molecule has 0 aliphatic carbocycles. The minimum absolute atomic E-state index is 0.425. The average Bonchev–Trinajstić information content (AvgIpc) is 2.63. The summed E-state index contributed by atoms with van der Waals surface area (Å²) in [6.07, 6.45) is 0.134. The molecule has 0 bridgehead atoms. The lowest BCUT2D eigenvalue weighted by Gasteiger charge is -2.32. The van der Waals surface area contributed by atoms with Crippen molar-refractivity contribution in [3.8, 4) is 0 Å². The third-order valence-electron chi connectivity index (χ3n) is 2.48. The number of thioether (sulfide) groups is 1. The molecule has 0 N–H and O–H groups in total. The minimum Gasteiger partial charge on any atom is -0.457 e. The van der Waals surface area contributed by atoms with Gasteiger partial charge in [0, 0.05) is 31.2 Å². The molecular weight excluding hydrogens is 260 g/mol. The summed E-state index contributed by atoms with van der Waals surface area (Å²) in [5.74, 6) is -0.950. The van der Waals surface area contributed by atoms with Gasteiger partial charge in [-0.25, -0.2) is 4.79 Å². The third kappa shape index (κ3) is 2.66. The number of esters is 3. The fraction of sp³-hybridized carbons (Fsp3) is 0.545. The van der Waals surface area contributed by atoms with Gasteiger partial charge in [-0.05, 0) is 0 Å². The van der Waals surface area contributed by atoms with Crippen LogP contribution in [0.15, 0.2) is 11.6 Å². The third-order valence-corrected chi connectivity index (χ3v) is 3.64. The molecule has 2 aliphatic heterocycles. The van der Waals surface area contributed by atoms with Crippen LogP contribution in [0, 0.1) is 0 Å². The highest BCUT2D eigenvalue weighted by Gasteiger charge is 2.45. The van der Waals surface area contributed by atoms with Gasteiger partial charge in [0.1, 0.15) is 6.10 Å². The van der Waals surface area contributed by atoms with Crippen LogP contribution in [0.4, 0.5) is 0 Å². The van der Waals surface area contributed by atoms with Crippen LogP contribution in [0.5, 0.6) is 0 Å². The molecule has 2 aliphatic rings. The first kappa shape index (κ1) is 12.9. The van der Waals surface area contributed by atoms with Gasteiger partial charge >= 0.3 is 17.9 Å². The first-order valence-electron chi connectivity index (χ1n) is 5.35. The zero-order valence-corrected chi connectivity index (χ0v) is 10.7. The van der Waals surface area contributed by atoms with Crippen molar-refractivity contribution >= 4 is 29.7 Å². The quantitative estimate of drug-likeness (QED) is 0.532. The van der Waals surface area contributed by atoms with E-state index in [0.717, 1.165) is 0 Å². The molecule has 0 radical (unpaired) electrons. The molecule has 7 heteroatoms. The highest BCUT2D eigenvalue weighted by Crippen LogP contribution is 2.37. The van der Waals surface area contributed by atoms with Crippen molar-refractivity contribution in [2.24, 2.45) is 0 Å². The van der Waals surface area contributed by atoms with Gasteiger partial charge in [0.25, 0.3) is 0 Å². The van der Waals surface area contributed by atoms with Gasteiger partial charge in [-0.1, -0.05) is 0 Å². The summed E-state index contributed by atoms with van der Waals surface area (Å²) >= 11 is 1.28. The minimum atomic E-state index is -0.663. The molecule has 0 spiro atoms. The van der Waals surface area contributed by atoms with Crippen molar-refractivity contribution in [3.05, 3.63) is 11.6 Å². The van der Waals surface area contributed by atoms with Crippen LogP contribution in [0.2, 0.25) is 0 Å². The first-order valence-corrected chi connectivity index (χ1v) is 6.40. The van der Waals surface area contributed by atoms with E-state index >= 15 is 0 Å². The molecule has 0 amide bonds. The summed E-state index contributed by atoms with van der Waals surface area (Å²) < 4.78 is 15.2. The van der Waals surface area contributed by atoms with Gasteiger partial charge < -0.3 is 14.2 Å². The molecule has 1 saturated heterocycles. The molecule has 0 saturated carbocycles. The Kier molecular flexibility index (Phi) is 3.60. The normalized spacial score (nSPS) is 30.0. The van der Waals surface area contributed by atoms with E-state index in [2.05, 4.69) is 0 Å². The van der Waals surface area contributed by atoms with Crippen LogP contribution >= 0.6 is 11.8 Å². The van der Waals surface area contributed by atoms with Gasteiger partial charge in [-0.3, -0.25) is 9.59 Å². The Balaban J connectivity index is 2.15. The van der Waals surface area contributed by atoms with E-state index < -0.39 is 35.6 Å². The van der Waals surface area contributed by atoms with Crippen LogP contribution < -0.4 is 0 Å². The molecular formula is C11H12O6S. The van der Waals surface area contributed by atoms with Gasteiger partial charge in [0.05, 0.1) is 0 Å². The standard InChI is InChI=1S/C11H12O6S/c1-5(12)15-8-4-18-11(16-6(2)13)10-7(8)3-9(14)17-10/h3,8,10-11H,4H2,1-2H3/t8-,10-,11+/m1/s1. The lowest BCUT2D eigenvalue weighted by Crippen LogP contribution is -2.41. The largest absolute Gasteiger partial charge is 0.457 e. The molecule has 3 atom stereocenters. The summed E-state index contributed by atoms with van der Waals surface area (Å²) in [7, 11) is 0. The fourth-order valence-electron chi connectivity index (χ4n) is 1.86. The molecule has 98 valence electrons. The fourth-order valence-corrected chi connectivity index (χ4v) is 3.08. The van der Waals surface area contributed by atoms with Crippen molar-refractivity contribution in [1.29, 1.82) is 0 Å². The zero-order valence-electron chi connectivity index (χ0n) is 9.87. The van der Waals surface area contributed by atoms with Gasteiger partial charge in [0.15, 0.2) is 11.5 Å². The maximum absolute atomic E-state index is 11.3. The maximum Gasteiger partial charge on any atom is 0.331 e. The summed E-state index contributed by atoms with van der Waals surface area (Å²) in [6.45, 7) is 2.59. The van der Waals surface area contributed by atoms with E-state index in [9.17, 15) is 14.4 Å². The van der Waals surface area contributed by atoms with Gasteiger partial charge in [0.2, 0.25) is 0 Å². The molecule has 0 aromatic carbocycles. The zero-order chi connectivity index (χ0) is 13.3. The van der Waals surface area contributed by atoms with Crippen LogP contribution in [0.1, 0.15) is 13.8 Å². The summed E-state index contributed by atoms with van der Waals surface area (Å²) in [6, 6.07) is 0. The van der Waals surface area contributed by atoms with Crippen molar-refractivity contribution in [1.82, 2.24) is 0 Å². The van der Waals surface area contributed by atoms with Gasteiger partial charge in [-0.15, -0.1) is 11.8 Å². The Hall–Kier alpha value is -1.50. The number of ether oxygens (including phenoxy) is 3. The predicted molar refractivity (Wildman–Crippen MR) is 61.5 cm³/mol. The van der Waals surface area contributed by atoms with E-state index in [-0.39, 0.29) is 0 Å². The number of hydrogen-bond donors (Lipinski definition) is 0. The van der Waals surface area contributed by atoms with Crippen LogP contribution in [-0.2, 0) is 28.6 Å². The average molecular weight is 272 g/mol. The van der Waals surface area contributed by atoms with E-state index in [1.165, 1.54) is 31.7 Å². The molecule has 18 heavy (non-hydrogen) atoms. The number of carbonyl (C=O) groups excluding carboxylic acids is 3. The molecule has 2 heterocycles. The number of fused-ring (bicyclic) bond motifs is 1. The lowest BCUT2D eigenvalue weighted by atomic mass is 10.1. The molecule has 0 aromatic rings. The Bertz CT molecular complexity index is 429. The van der Waals surface area contributed by atoms with E-state index in [1.807, 2.05) is 0 Å².